The van der Waals surface area contributed by atoms with Crippen LogP contribution >= 0.6 is 0 Å². The van der Waals surface area contributed by atoms with Crippen LogP contribution in [0.1, 0.15) is 30.4 Å². The molecule has 1 fully saturated rings. The van der Waals surface area contributed by atoms with Crippen LogP contribution < -0.4 is 0 Å². The molecule has 4 nitrogen and oxygen atoms in total. The third-order valence-corrected chi connectivity index (χ3v) is 5.40. The Labute approximate surface area is 137 Å². The Bertz CT molecular complexity index is 747. The Hall–Kier alpha value is -1.69. The second-order valence-corrected chi connectivity index (χ2v) is 7.44. The lowest BCUT2D eigenvalue weighted by molar-refractivity contribution is -0.232. The van der Waals surface area contributed by atoms with Crippen LogP contribution in [0.15, 0.2) is 59.5 Å². The molecule has 1 aliphatic carbocycles. The number of rotatable bonds is 6. The van der Waals surface area contributed by atoms with E-state index in [2.05, 4.69) is 0 Å². The van der Waals surface area contributed by atoms with Crippen molar-refractivity contribution in [3.63, 3.8) is 0 Å². The molecule has 0 heterocycles. The fraction of sp³-hybridized carbons (Fsp3) is 0.333. The number of hydrogen-bond acceptors (Lipinski definition) is 4. The van der Waals surface area contributed by atoms with Gasteiger partial charge in [0.25, 0.3) is 10.1 Å². The van der Waals surface area contributed by atoms with Crippen molar-refractivity contribution in [2.24, 2.45) is 0 Å². The highest BCUT2D eigenvalue weighted by Gasteiger charge is 2.44. The van der Waals surface area contributed by atoms with Gasteiger partial charge in [-0.3, -0.25) is 0 Å². The van der Waals surface area contributed by atoms with Gasteiger partial charge in [-0.25, -0.2) is 4.18 Å². The van der Waals surface area contributed by atoms with Crippen LogP contribution in [0, 0.1) is 6.92 Å². The van der Waals surface area contributed by atoms with Gasteiger partial charge in [0, 0.05) is 12.8 Å². The minimum absolute atomic E-state index is 0.165. The summed E-state index contributed by atoms with van der Waals surface area (Å²) in [5.74, 6) is -1.03. The molecule has 0 bridgehead atoms. The summed E-state index contributed by atoms with van der Waals surface area (Å²) in [6, 6.07) is 16.3. The quantitative estimate of drug-likeness (QED) is 0.596. The molecule has 0 spiro atoms. The van der Waals surface area contributed by atoms with Crippen molar-refractivity contribution < 1.29 is 17.3 Å². The van der Waals surface area contributed by atoms with E-state index < -0.39 is 15.9 Å². The van der Waals surface area contributed by atoms with E-state index in [1.54, 1.807) is 24.3 Å². The van der Waals surface area contributed by atoms with Crippen molar-refractivity contribution in [3.05, 3.63) is 65.7 Å². The van der Waals surface area contributed by atoms with Crippen molar-refractivity contribution in [3.8, 4) is 0 Å². The maximum atomic E-state index is 12.5. The summed E-state index contributed by atoms with van der Waals surface area (Å²) in [6.45, 7) is 2.25. The molecular weight excluding hydrogens is 312 g/mol. The minimum atomic E-state index is -3.82. The van der Waals surface area contributed by atoms with Crippen LogP contribution in [0.3, 0.4) is 0 Å². The molecule has 1 aliphatic rings. The highest BCUT2D eigenvalue weighted by atomic mass is 32.2. The second-order valence-electron chi connectivity index (χ2n) is 5.89. The van der Waals surface area contributed by atoms with Gasteiger partial charge in [-0.15, -0.1) is 0 Å². The predicted molar refractivity (Wildman–Crippen MR) is 87.3 cm³/mol. The van der Waals surface area contributed by atoms with Gasteiger partial charge in [-0.2, -0.15) is 8.42 Å². The Morgan fingerprint density at radius 3 is 2.22 bits per heavy atom. The van der Waals surface area contributed by atoms with E-state index in [0.717, 1.165) is 17.5 Å². The van der Waals surface area contributed by atoms with E-state index in [1.165, 1.54) is 0 Å². The van der Waals surface area contributed by atoms with Gasteiger partial charge < -0.3 is 4.74 Å². The molecular formula is C18H20O4S. The maximum absolute atomic E-state index is 12.5. The van der Waals surface area contributed by atoms with Gasteiger partial charge in [0.1, 0.15) is 0 Å². The summed E-state index contributed by atoms with van der Waals surface area (Å²) < 4.78 is 36.2. The lowest BCUT2D eigenvalue weighted by Crippen LogP contribution is -2.44. The molecule has 0 aromatic heterocycles. The summed E-state index contributed by atoms with van der Waals surface area (Å²) >= 11 is 0. The van der Waals surface area contributed by atoms with Crippen LogP contribution in [-0.4, -0.2) is 14.2 Å². The second kappa shape index (κ2) is 6.43. The number of ether oxygens (including phenoxy) is 1. The Kier molecular flexibility index (Phi) is 4.53. The average Bonchev–Trinajstić information content (AvgIpc) is 2.51. The highest BCUT2D eigenvalue weighted by Crippen LogP contribution is 2.40. The summed E-state index contributed by atoms with van der Waals surface area (Å²) in [6.07, 6.45) is 2.08. The largest absolute Gasteiger partial charge is 0.344 e. The van der Waals surface area contributed by atoms with E-state index in [1.807, 2.05) is 37.3 Å². The van der Waals surface area contributed by atoms with Crippen molar-refractivity contribution in [2.75, 3.05) is 0 Å². The van der Waals surface area contributed by atoms with Gasteiger partial charge >= 0.3 is 0 Å². The van der Waals surface area contributed by atoms with Gasteiger partial charge in [-0.1, -0.05) is 48.0 Å². The van der Waals surface area contributed by atoms with Gasteiger partial charge in [-0.05, 0) is 31.0 Å². The molecule has 3 rings (SSSR count). The zero-order chi connectivity index (χ0) is 16.3. The van der Waals surface area contributed by atoms with Gasteiger partial charge in [0.2, 0.25) is 0 Å². The van der Waals surface area contributed by atoms with E-state index in [9.17, 15) is 8.42 Å². The number of aryl methyl sites for hydroxylation is 1. The third-order valence-electron chi connectivity index (χ3n) is 4.03. The summed E-state index contributed by atoms with van der Waals surface area (Å²) in [4.78, 5) is 0.165. The van der Waals surface area contributed by atoms with E-state index >= 15 is 0 Å². The Morgan fingerprint density at radius 2 is 1.65 bits per heavy atom. The molecule has 122 valence electrons. The van der Waals surface area contributed by atoms with Crippen LogP contribution in [0.2, 0.25) is 0 Å². The first-order chi connectivity index (χ1) is 11.0. The number of hydrogen-bond donors (Lipinski definition) is 0. The lowest BCUT2D eigenvalue weighted by Gasteiger charge is -2.40. The molecule has 2 aromatic rings. The monoisotopic (exact) mass is 332 g/mol. The molecule has 0 aliphatic heterocycles. The highest BCUT2D eigenvalue weighted by molar-refractivity contribution is 7.86. The lowest BCUT2D eigenvalue weighted by atomic mass is 9.91. The molecule has 2 aromatic carbocycles. The molecule has 5 heteroatoms. The van der Waals surface area contributed by atoms with E-state index in [-0.39, 0.29) is 4.90 Å². The maximum Gasteiger partial charge on any atom is 0.299 e. The SMILES string of the molecule is Cc1ccc(S(=O)(=O)OC2(OCc3ccccc3)CCC2)cc1. The van der Waals surface area contributed by atoms with Crippen molar-refractivity contribution in [1.82, 2.24) is 0 Å². The first kappa shape index (κ1) is 16.2. The average molecular weight is 332 g/mol. The predicted octanol–water partition coefficient (Wildman–Crippen LogP) is 3.80. The molecule has 23 heavy (non-hydrogen) atoms. The van der Waals surface area contributed by atoms with Gasteiger partial charge in [0.15, 0.2) is 5.79 Å². The molecule has 0 radical (unpaired) electrons. The van der Waals surface area contributed by atoms with Crippen molar-refractivity contribution in [1.29, 1.82) is 0 Å². The van der Waals surface area contributed by atoms with Crippen LogP contribution in [-0.2, 0) is 25.6 Å². The molecule has 0 N–H and O–H groups in total. The Morgan fingerprint density at radius 1 is 1.00 bits per heavy atom. The zero-order valence-corrected chi connectivity index (χ0v) is 13.9. The van der Waals surface area contributed by atoms with Crippen molar-refractivity contribution >= 4 is 10.1 Å². The van der Waals surface area contributed by atoms with Gasteiger partial charge in [0.05, 0.1) is 11.5 Å². The summed E-state index contributed by atoms with van der Waals surface area (Å²) in [5.41, 5.74) is 2.00. The molecule has 0 saturated heterocycles. The minimum Gasteiger partial charge on any atom is -0.344 e. The third kappa shape index (κ3) is 3.80. The normalized spacial score (nSPS) is 16.7. The Balaban J connectivity index is 1.72. The first-order valence-electron chi connectivity index (χ1n) is 7.69. The zero-order valence-electron chi connectivity index (χ0n) is 13.1. The van der Waals surface area contributed by atoms with Crippen LogP contribution in [0.4, 0.5) is 0 Å². The smallest absolute Gasteiger partial charge is 0.299 e. The van der Waals surface area contributed by atoms with E-state index in [4.69, 9.17) is 8.92 Å². The topological polar surface area (TPSA) is 52.6 Å². The molecule has 0 atom stereocenters. The summed E-state index contributed by atoms with van der Waals surface area (Å²) in [7, 11) is -3.82. The molecule has 1 saturated carbocycles. The van der Waals surface area contributed by atoms with Crippen LogP contribution in [0.5, 0.6) is 0 Å². The summed E-state index contributed by atoms with van der Waals surface area (Å²) in [5, 5.41) is 0. The van der Waals surface area contributed by atoms with Crippen LogP contribution in [0.25, 0.3) is 0 Å². The fourth-order valence-electron chi connectivity index (χ4n) is 2.46. The fourth-order valence-corrected chi connectivity index (χ4v) is 3.64. The number of benzene rings is 2. The van der Waals surface area contributed by atoms with E-state index in [0.29, 0.717) is 19.4 Å². The molecule has 0 unspecified atom stereocenters. The molecule has 0 amide bonds. The first-order valence-corrected chi connectivity index (χ1v) is 9.10. The standard InChI is InChI=1S/C18H20O4S/c1-15-8-10-17(11-9-15)23(19,20)22-18(12-5-13-18)21-14-16-6-3-2-4-7-16/h2-4,6-11H,5,12-14H2,1H3. The van der Waals surface area contributed by atoms with Crippen molar-refractivity contribution in [2.45, 2.75) is 43.5 Å².